The normalized spacial score (nSPS) is 19.2. The molecule has 2 saturated heterocycles. The summed E-state index contributed by atoms with van der Waals surface area (Å²) in [6, 6.07) is 4.09. The Labute approximate surface area is 148 Å². The molecule has 2 aromatic heterocycles. The van der Waals surface area contributed by atoms with Crippen LogP contribution in [0, 0.1) is 6.92 Å². The maximum absolute atomic E-state index is 5.46. The van der Waals surface area contributed by atoms with Gasteiger partial charge in [0.2, 0.25) is 5.95 Å². The SMILES string of the molecule is Cc1ccnc(N2CCN(c3cc(C4CCOCC4)ncn3)CC2)n1. The van der Waals surface area contributed by atoms with Crippen LogP contribution in [-0.4, -0.2) is 59.3 Å². The van der Waals surface area contributed by atoms with E-state index in [1.165, 1.54) is 0 Å². The lowest BCUT2D eigenvalue weighted by Gasteiger charge is -2.35. The van der Waals surface area contributed by atoms with Crippen LogP contribution in [0.25, 0.3) is 0 Å². The molecular weight excluding hydrogens is 316 g/mol. The van der Waals surface area contributed by atoms with Gasteiger partial charge in [0.15, 0.2) is 0 Å². The molecule has 7 heteroatoms. The summed E-state index contributed by atoms with van der Waals surface area (Å²) >= 11 is 0. The number of hydrogen-bond acceptors (Lipinski definition) is 7. The van der Waals surface area contributed by atoms with Crippen LogP contribution in [0.3, 0.4) is 0 Å². The van der Waals surface area contributed by atoms with Crippen molar-refractivity contribution < 1.29 is 4.74 Å². The molecule has 0 radical (unpaired) electrons. The number of rotatable bonds is 3. The molecule has 25 heavy (non-hydrogen) atoms. The van der Waals surface area contributed by atoms with E-state index in [0.29, 0.717) is 5.92 Å². The molecule has 7 nitrogen and oxygen atoms in total. The van der Waals surface area contributed by atoms with Crippen LogP contribution in [0.1, 0.15) is 30.1 Å². The van der Waals surface area contributed by atoms with E-state index in [-0.39, 0.29) is 0 Å². The first-order chi connectivity index (χ1) is 12.3. The van der Waals surface area contributed by atoms with Crippen LogP contribution in [0.4, 0.5) is 11.8 Å². The third-order valence-electron chi connectivity index (χ3n) is 4.98. The molecule has 0 unspecified atom stereocenters. The molecule has 2 aliphatic heterocycles. The molecule has 0 saturated carbocycles. The third-order valence-corrected chi connectivity index (χ3v) is 4.98. The number of nitrogens with zero attached hydrogens (tertiary/aromatic N) is 6. The molecule has 4 rings (SSSR count). The quantitative estimate of drug-likeness (QED) is 0.844. The summed E-state index contributed by atoms with van der Waals surface area (Å²) in [4.78, 5) is 22.5. The predicted molar refractivity (Wildman–Crippen MR) is 96.0 cm³/mol. The highest BCUT2D eigenvalue weighted by Crippen LogP contribution is 2.27. The van der Waals surface area contributed by atoms with Crippen molar-refractivity contribution in [1.29, 1.82) is 0 Å². The summed E-state index contributed by atoms with van der Waals surface area (Å²) in [5.41, 5.74) is 2.15. The minimum Gasteiger partial charge on any atom is -0.381 e. The molecule has 0 N–H and O–H groups in total. The number of ether oxygens (including phenoxy) is 1. The van der Waals surface area contributed by atoms with Gasteiger partial charge in [0.1, 0.15) is 12.1 Å². The molecule has 0 aliphatic carbocycles. The fraction of sp³-hybridized carbons (Fsp3) is 0.556. The van der Waals surface area contributed by atoms with E-state index < -0.39 is 0 Å². The lowest BCUT2D eigenvalue weighted by atomic mass is 9.96. The molecule has 4 heterocycles. The average molecular weight is 340 g/mol. The summed E-state index contributed by atoms with van der Waals surface area (Å²) in [7, 11) is 0. The van der Waals surface area contributed by atoms with Crippen molar-refractivity contribution in [3.63, 3.8) is 0 Å². The summed E-state index contributed by atoms with van der Waals surface area (Å²) in [6.45, 7) is 7.31. The van der Waals surface area contributed by atoms with E-state index in [2.05, 4.69) is 35.8 Å². The second-order valence-corrected chi connectivity index (χ2v) is 6.66. The first kappa shape index (κ1) is 16.2. The third kappa shape index (κ3) is 3.71. The second-order valence-electron chi connectivity index (χ2n) is 6.66. The highest BCUT2D eigenvalue weighted by atomic mass is 16.5. The monoisotopic (exact) mass is 340 g/mol. The molecule has 0 aromatic carbocycles. The highest BCUT2D eigenvalue weighted by molar-refractivity contribution is 5.43. The Morgan fingerprint density at radius 3 is 2.52 bits per heavy atom. The molecule has 132 valence electrons. The van der Waals surface area contributed by atoms with E-state index in [1.807, 2.05) is 19.2 Å². The van der Waals surface area contributed by atoms with Crippen molar-refractivity contribution in [1.82, 2.24) is 19.9 Å². The van der Waals surface area contributed by atoms with Gasteiger partial charge in [-0.3, -0.25) is 0 Å². The minimum absolute atomic E-state index is 0.498. The lowest BCUT2D eigenvalue weighted by Crippen LogP contribution is -2.47. The van der Waals surface area contributed by atoms with Gasteiger partial charge in [0.05, 0.1) is 0 Å². The van der Waals surface area contributed by atoms with E-state index in [4.69, 9.17) is 4.74 Å². The zero-order valence-electron chi connectivity index (χ0n) is 14.6. The number of aryl methyl sites for hydroxylation is 1. The maximum atomic E-state index is 5.46. The Morgan fingerprint density at radius 2 is 1.76 bits per heavy atom. The zero-order valence-corrected chi connectivity index (χ0v) is 14.6. The number of anilines is 2. The van der Waals surface area contributed by atoms with Gasteiger partial charge in [0.25, 0.3) is 0 Å². The summed E-state index contributed by atoms with van der Waals surface area (Å²) in [5.74, 6) is 2.35. The Morgan fingerprint density at radius 1 is 1.00 bits per heavy atom. The van der Waals surface area contributed by atoms with Crippen LogP contribution in [-0.2, 0) is 4.74 Å². The van der Waals surface area contributed by atoms with Crippen LogP contribution in [0.5, 0.6) is 0 Å². The number of hydrogen-bond donors (Lipinski definition) is 0. The fourth-order valence-corrected chi connectivity index (χ4v) is 3.47. The molecule has 2 fully saturated rings. The largest absolute Gasteiger partial charge is 0.381 e. The van der Waals surface area contributed by atoms with Crippen molar-refractivity contribution in [3.05, 3.63) is 36.0 Å². The van der Waals surface area contributed by atoms with Gasteiger partial charge >= 0.3 is 0 Å². The van der Waals surface area contributed by atoms with Crippen molar-refractivity contribution in [2.24, 2.45) is 0 Å². The van der Waals surface area contributed by atoms with Crippen molar-refractivity contribution in [2.45, 2.75) is 25.7 Å². The number of aromatic nitrogens is 4. The summed E-state index contributed by atoms with van der Waals surface area (Å²) < 4.78 is 5.46. The maximum Gasteiger partial charge on any atom is 0.225 e. The first-order valence-electron chi connectivity index (χ1n) is 8.99. The molecular formula is C18H24N6O. The molecule has 0 bridgehead atoms. The zero-order chi connectivity index (χ0) is 17.1. The van der Waals surface area contributed by atoms with Gasteiger partial charge in [0, 0.05) is 69.0 Å². The van der Waals surface area contributed by atoms with E-state index >= 15 is 0 Å². The van der Waals surface area contributed by atoms with Crippen LogP contribution in [0.2, 0.25) is 0 Å². The lowest BCUT2D eigenvalue weighted by molar-refractivity contribution is 0.0845. The number of piperazine rings is 1. The minimum atomic E-state index is 0.498. The van der Waals surface area contributed by atoms with Crippen molar-refractivity contribution in [2.75, 3.05) is 49.2 Å². The average Bonchev–Trinajstić information content (AvgIpc) is 2.69. The van der Waals surface area contributed by atoms with Gasteiger partial charge in [-0.05, 0) is 25.8 Å². The standard InChI is InChI=1S/C18H24N6O/c1-14-2-5-19-18(22-14)24-8-6-23(7-9-24)17-12-16(20-13-21-17)15-3-10-25-11-4-15/h2,5,12-13,15H,3-4,6-11H2,1H3. The predicted octanol–water partition coefficient (Wildman–Crippen LogP) is 1.80. The second kappa shape index (κ2) is 7.31. The molecule has 2 aliphatic rings. The van der Waals surface area contributed by atoms with Crippen LogP contribution < -0.4 is 9.80 Å². The molecule has 0 amide bonds. The van der Waals surface area contributed by atoms with Crippen molar-refractivity contribution in [3.8, 4) is 0 Å². The summed E-state index contributed by atoms with van der Waals surface area (Å²) in [6.07, 6.45) is 5.63. The van der Waals surface area contributed by atoms with E-state index in [9.17, 15) is 0 Å². The van der Waals surface area contributed by atoms with Gasteiger partial charge < -0.3 is 14.5 Å². The van der Waals surface area contributed by atoms with E-state index in [0.717, 1.165) is 75.4 Å². The Hall–Kier alpha value is -2.28. The van der Waals surface area contributed by atoms with Gasteiger partial charge in [-0.25, -0.2) is 19.9 Å². The smallest absolute Gasteiger partial charge is 0.225 e. The van der Waals surface area contributed by atoms with Crippen LogP contribution in [0.15, 0.2) is 24.7 Å². The molecule has 0 spiro atoms. The highest BCUT2D eigenvalue weighted by Gasteiger charge is 2.22. The fourth-order valence-electron chi connectivity index (χ4n) is 3.47. The van der Waals surface area contributed by atoms with Gasteiger partial charge in [-0.15, -0.1) is 0 Å². The molecule has 2 aromatic rings. The summed E-state index contributed by atoms with van der Waals surface area (Å²) in [5, 5.41) is 0. The Kier molecular flexibility index (Phi) is 4.74. The molecule has 0 atom stereocenters. The van der Waals surface area contributed by atoms with E-state index in [1.54, 1.807) is 6.33 Å². The van der Waals surface area contributed by atoms with Crippen molar-refractivity contribution >= 4 is 11.8 Å². The van der Waals surface area contributed by atoms with Gasteiger partial charge in [-0.2, -0.15) is 0 Å². The first-order valence-corrected chi connectivity index (χ1v) is 8.99. The van der Waals surface area contributed by atoms with Gasteiger partial charge in [-0.1, -0.05) is 0 Å². The Bertz CT molecular complexity index is 710. The topological polar surface area (TPSA) is 67.3 Å². The Balaban J connectivity index is 1.42. The van der Waals surface area contributed by atoms with Crippen LogP contribution >= 0.6 is 0 Å².